The van der Waals surface area contributed by atoms with Gasteiger partial charge in [0.1, 0.15) is 23.2 Å². The van der Waals surface area contributed by atoms with Crippen molar-refractivity contribution in [3.8, 4) is 17.0 Å². The molecule has 3 aromatic rings. The topological polar surface area (TPSA) is 68.5 Å². The number of hydrogen-bond donors (Lipinski definition) is 1. The molecule has 0 saturated heterocycles. The van der Waals surface area contributed by atoms with Gasteiger partial charge in [0.2, 0.25) is 0 Å². The van der Waals surface area contributed by atoms with Gasteiger partial charge in [-0.3, -0.25) is 4.79 Å². The van der Waals surface area contributed by atoms with Gasteiger partial charge in [0, 0.05) is 17.3 Å². The van der Waals surface area contributed by atoms with Crippen molar-refractivity contribution in [1.29, 1.82) is 0 Å². The van der Waals surface area contributed by atoms with E-state index in [0.717, 1.165) is 13.1 Å². The Labute approximate surface area is 157 Å². The van der Waals surface area contributed by atoms with Crippen LogP contribution in [0, 0.1) is 12.7 Å². The fourth-order valence-electron chi connectivity index (χ4n) is 2.64. The number of carbonyl (C=O) groups excluding carboxylic acids is 1. The van der Waals surface area contributed by atoms with Crippen molar-refractivity contribution >= 4 is 11.6 Å². The number of fused-ring (bicyclic) bond motifs is 1. The fourth-order valence-corrected chi connectivity index (χ4v) is 2.64. The number of methoxy groups -OCH3 is 1. The molecule has 1 aromatic carbocycles. The van der Waals surface area contributed by atoms with Crippen LogP contribution in [0.15, 0.2) is 30.5 Å². The summed E-state index contributed by atoms with van der Waals surface area (Å²) in [6.07, 6.45) is -3.42. The Morgan fingerprint density at radius 2 is 2.00 bits per heavy atom. The Bertz CT molecular complexity index is 1050. The highest BCUT2D eigenvalue weighted by Gasteiger charge is 2.37. The van der Waals surface area contributed by atoms with E-state index in [0.29, 0.717) is 17.0 Å². The Morgan fingerprint density at radius 1 is 1.29 bits per heavy atom. The molecule has 0 aliphatic heterocycles. The quantitative estimate of drug-likeness (QED) is 0.685. The average molecular weight is 396 g/mol. The molecule has 6 nitrogen and oxygen atoms in total. The monoisotopic (exact) mass is 396 g/mol. The first kappa shape index (κ1) is 19.6. The number of aryl methyl sites for hydroxylation is 1. The number of rotatable bonds is 4. The number of halogens is 4. The molecule has 0 fully saturated rings. The zero-order chi connectivity index (χ0) is 20.6. The molecule has 0 aliphatic rings. The largest absolute Gasteiger partial charge is 0.496 e. The Balaban J connectivity index is 2.08. The van der Waals surface area contributed by atoms with Crippen molar-refractivity contribution < 1.29 is 27.1 Å². The normalized spacial score (nSPS) is 12.8. The molecule has 28 heavy (non-hydrogen) atoms. The number of nitrogens with one attached hydrogen (secondary N) is 1. The summed E-state index contributed by atoms with van der Waals surface area (Å²) in [6, 6.07) is 3.50. The van der Waals surface area contributed by atoms with E-state index in [9.17, 15) is 22.4 Å². The minimum absolute atomic E-state index is 0.0771. The summed E-state index contributed by atoms with van der Waals surface area (Å²) in [5, 5.41) is 5.91. The van der Waals surface area contributed by atoms with Gasteiger partial charge in [-0.1, -0.05) is 0 Å². The molecular formula is C18H16F4N4O2. The molecule has 0 aliphatic carbocycles. The van der Waals surface area contributed by atoms with Gasteiger partial charge >= 0.3 is 6.18 Å². The molecule has 1 unspecified atom stereocenters. The zero-order valence-corrected chi connectivity index (χ0v) is 15.1. The highest BCUT2D eigenvalue weighted by atomic mass is 19.4. The van der Waals surface area contributed by atoms with Crippen LogP contribution in [0.25, 0.3) is 16.9 Å². The summed E-state index contributed by atoms with van der Waals surface area (Å²) >= 11 is 0. The molecule has 1 amide bonds. The van der Waals surface area contributed by atoms with E-state index in [2.05, 4.69) is 10.1 Å². The molecule has 3 rings (SSSR count). The van der Waals surface area contributed by atoms with Crippen molar-refractivity contribution in [2.75, 3.05) is 7.11 Å². The maximum absolute atomic E-state index is 13.5. The lowest BCUT2D eigenvalue weighted by Gasteiger charge is -2.16. The predicted molar refractivity (Wildman–Crippen MR) is 92.7 cm³/mol. The van der Waals surface area contributed by atoms with Crippen LogP contribution in [0.2, 0.25) is 0 Å². The Hall–Kier alpha value is -3.17. The Morgan fingerprint density at radius 3 is 2.64 bits per heavy atom. The van der Waals surface area contributed by atoms with Crippen LogP contribution < -0.4 is 10.1 Å². The highest BCUT2D eigenvalue weighted by molar-refractivity contribution is 6.00. The van der Waals surface area contributed by atoms with Crippen LogP contribution in [0.4, 0.5) is 17.6 Å². The first-order valence-electron chi connectivity index (χ1n) is 8.18. The fraction of sp³-hybridized carbons (Fsp3) is 0.278. The first-order chi connectivity index (χ1) is 13.1. The minimum atomic E-state index is -4.57. The molecule has 148 valence electrons. The molecule has 2 heterocycles. The highest BCUT2D eigenvalue weighted by Crippen LogP contribution is 2.30. The SMILES string of the molecule is COc1cc(F)ccc1-c1cc(C)n2ncc(C(=O)NC(C)C(F)(F)F)c2n1. The second-order valence-electron chi connectivity index (χ2n) is 6.16. The van der Waals surface area contributed by atoms with Crippen molar-refractivity contribution in [3.63, 3.8) is 0 Å². The number of alkyl halides is 3. The second-order valence-corrected chi connectivity index (χ2v) is 6.16. The molecule has 1 N–H and O–H groups in total. The lowest BCUT2D eigenvalue weighted by molar-refractivity contribution is -0.149. The predicted octanol–water partition coefficient (Wildman–Crippen LogP) is 3.53. The number of benzene rings is 1. The van der Waals surface area contributed by atoms with Crippen LogP contribution >= 0.6 is 0 Å². The molecule has 0 radical (unpaired) electrons. The van der Waals surface area contributed by atoms with Crippen molar-refractivity contribution in [2.24, 2.45) is 0 Å². The standard InChI is InChI=1S/C18H16F4N4O2/c1-9-6-14(12-5-4-11(19)7-15(12)28-3)25-16-13(8-23-26(9)16)17(27)24-10(2)18(20,21)22/h4-8,10H,1-3H3,(H,24,27). The maximum Gasteiger partial charge on any atom is 0.408 e. The van der Waals surface area contributed by atoms with Gasteiger partial charge in [0.25, 0.3) is 5.91 Å². The lowest BCUT2D eigenvalue weighted by Crippen LogP contribution is -2.43. The molecular weight excluding hydrogens is 380 g/mol. The average Bonchev–Trinajstić information content (AvgIpc) is 3.05. The molecule has 0 spiro atoms. The van der Waals surface area contributed by atoms with Gasteiger partial charge in [0.15, 0.2) is 5.65 Å². The summed E-state index contributed by atoms with van der Waals surface area (Å²) in [4.78, 5) is 16.7. The van der Waals surface area contributed by atoms with E-state index in [1.54, 1.807) is 13.0 Å². The third-order valence-corrected chi connectivity index (χ3v) is 4.17. The molecule has 2 aromatic heterocycles. The van der Waals surface area contributed by atoms with Crippen LogP contribution in [-0.2, 0) is 0 Å². The molecule has 10 heteroatoms. The zero-order valence-electron chi connectivity index (χ0n) is 15.1. The van der Waals surface area contributed by atoms with Crippen molar-refractivity contribution in [3.05, 3.63) is 47.5 Å². The smallest absolute Gasteiger partial charge is 0.408 e. The summed E-state index contributed by atoms with van der Waals surface area (Å²) in [7, 11) is 1.37. The van der Waals surface area contributed by atoms with Crippen molar-refractivity contribution in [1.82, 2.24) is 19.9 Å². The third kappa shape index (κ3) is 3.62. The van der Waals surface area contributed by atoms with Crippen LogP contribution in [0.1, 0.15) is 23.0 Å². The number of ether oxygens (including phenoxy) is 1. The number of hydrogen-bond acceptors (Lipinski definition) is 4. The van der Waals surface area contributed by atoms with Crippen LogP contribution in [-0.4, -0.2) is 39.8 Å². The van der Waals surface area contributed by atoms with Gasteiger partial charge in [-0.2, -0.15) is 18.3 Å². The lowest BCUT2D eigenvalue weighted by atomic mass is 10.1. The van der Waals surface area contributed by atoms with Gasteiger partial charge in [0.05, 0.1) is 19.0 Å². The van der Waals surface area contributed by atoms with Crippen LogP contribution in [0.5, 0.6) is 5.75 Å². The maximum atomic E-state index is 13.5. The first-order valence-corrected chi connectivity index (χ1v) is 8.18. The number of amides is 1. The molecule has 1 atom stereocenters. The number of aromatic nitrogens is 3. The van der Waals surface area contributed by atoms with E-state index >= 15 is 0 Å². The van der Waals surface area contributed by atoms with Gasteiger partial charge < -0.3 is 10.1 Å². The molecule has 0 bridgehead atoms. The van der Waals surface area contributed by atoms with Crippen molar-refractivity contribution in [2.45, 2.75) is 26.1 Å². The van der Waals surface area contributed by atoms with E-state index in [-0.39, 0.29) is 17.0 Å². The van der Waals surface area contributed by atoms with E-state index in [4.69, 9.17) is 4.74 Å². The second kappa shape index (κ2) is 7.10. The van der Waals surface area contributed by atoms with Gasteiger partial charge in [-0.05, 0) is 32.0 Å². The number of nitrogens with zero attached hydrogens (tertiary/aromatic N) is 3. The molecule has 0 saturated carbocycles. The summed E-state index contributed by atoms with van der Waals surface area (Å²) in [5.74, 6) is -1.22. The van der Waals surface area contributed by atoms with Crippen LogP contribution in [0.3, 0.4) is 0 Å². The van der Waals surface area contributed by atoms with Gasteiger partial charge in [-0.25, -0.2) is 13.9 Å². The van der Waals surface area contributed by atoms with E-state index in [1.807, 2.05) is 5.32 Å². The van der Waals surface area contributed by atoms with Gasteiger partial charge in [-0.15, -0.1) is 0 Å². The number of carbonyl (C=O) groups is 1. The third-order valence-electron chi connectivity index (χ3n) is 4.17. The van der Waals surface area contributed by atoms with E-state index < -0.39 is 23.9 Å². The Kier molecular flexibility index (Phi) is 4.97. The summed E-state index contributed by atoms with van der Waals surface area (Å²) in [6.45, 7) is 2.54. The summed E-state index contributed by atoms with van der Waals surface area (Å²) < 4.78 is 58.2. The summed E-state index contributed by atoms with van der Waals surface area (Å²) in [5.41, 5.74) is 1.37. The minimum Gasteiger partial charge on any atom is -0.496 e. The van der Waals surface area contributed by atoms with E-state index in [1.165, 1.54) is 29.8 Å².